The van der Waals surface area contributed by atoms with Crippen LogP contribution < -0.4 is 0 Å². The molecule has 0 aliphatic rings. The Labute approximate surface area is 88.7 Å². The summed E-state index contributed by atoms with van der Waals surface area (Å²) in [5, 5.41) is 1.36. The van der Waals surface area contributed by atoms with Crippen molar-refractivity contribution in [2.45, 2.75) is 13.8 Å². The van der Waals surface area contributed by atoms with Crippen LogP contribution in [0.15, 0.2) is 30.5 Å². The normalized spacial score (nSPS) is 11.7. The van der Waals surface area contributed by atoms with Gasteiger partial charge in [0.15, 0.2) is 0 Å². The van der Waals surface area contributed by atoms with Gasteiger partial charge in [-0.25, -0.2) is 0 Å². The van der Waals surface area contributed by atoms with E-state index in [9.17, 15) is 0 Å². The molecule has 15 heavy (non-hydrogen) atoms. The predicted molar refractivity (Wildman–Crippen MR) is 63.3 cm³/mol. The minimum atomic E-state index is 1.27. The lowest BCUT2D eigenvalue weighted by Gasteiger charge is -2.01. The molecular weight excluding hydrogens is 184 g/mol. The fourth-order valence-electron chi connectivity index (χ4n) is 2.33. The van der Waals surface area contributed by atoms with Gasteiger partial charge < -0.3 is 8.97 Å². The Bertz CT molecular complexity index is 656. The Morgan fingerprint density at radius 3 is 2.73 bits per heavy atom. The van der Waals surface area contributed by atoms with E-state index in [-0.39, 0.29) is 0 Å². The maximum absolute atomic E-state index is 2.26. The monoisotopic (exact) mass is 198 g/mol. The van der Waals surface area contributed by atoms with Gasteiger partial charge in [0.25, 0.3) is 0 Å². The molecule has 0 N–H and O–H groups in total. The van der Waals surface area contributed by atoms with Crippen LogP contribution in [0.2, 0.25) is 0 Å². The highest BCUT2D eigenvalue weighted by atomic mass is 15.1. The summed E-state index contributed by atoms with van der Waals surface area (Å²) < 4.78 is 4.51. The molecule has 2 nitrogen and oxygen atoms in total. The van der Waals surface area contributed by atoms with Gasteiger partial charge in [-0.1, -0.05) is 6.07 Å². The lowest BCUT2D eigenvalue weighted by atomic mass is 10.2. The largest absolute Gasteiger partial charge is 0.334 e. The summed E-state index contributed by atoms with van der Waals surface area (Å²) in [6, 6.07) is 8.56. The van der Waals surface area contributed by atoms with Gasteiger partial charge in [-0.3, -0.25) is 0 Å². The summed E-state index contributed by atoms with van der Waals surface area (Å²) in [6.45, 7) is 4.36. The zero-order valence-corrected chi connectivity index (χ0v) is 9.28. The number of hydrogen-bond donors (Lipinski definition) is 0. The van der Waals surface area contributed by atoms with Crippen LogP contribution in [0.5, 0.6) is 0 Å². The second-order valence-corrected chi connectivity index (χ2v) is 4.15. The van der Waals surface area contributed by atoms with Crippen LogP contribution >= 0.6 is 0 Å². The van der Waals surface area contributed by atoms with Gasteiger partial charge in [-0.2, -0.15) is 0 Å². The smallest absolute Gasteiger partial charge is 0.124 e. The van der Waals surface area contributed by atoms with Crippen molar-refractivity contribution < 1.29 is 0 Å². The molecule has 0 saturated carbocycles. The number of rotatable bonds is 0. The lowest BCUT2D eigenvalue weighted by molar-refractivity contribution is 0.886. The van der Waals surface area contributed by atoms with Crippen molar-refractivity contribution in [3.05, 3.63) is 41.7 Å². The number of nitrogens with zero attached hydrogens (tertiary/aromatic N) is 2. The van der Waals surface area contributed by atoms with Gasteiger partial charge in [0.2, 0.25) is 0 Å². The number of aromatic nitrogens is 2. The molecule has 0 aliphatic heterocycles. The van der Waals surface area contributed by atoms with Crippen LogP contribution in [-0.4, -0.2) is 8.97 Å². The summed E-state index contributed by atoms with van der Waals surface area (Å²) >= 11 is 0. The zero-order chi connectivity index (χ0) is 10.6. The van der Waals surface area contributed by atoms with Gasteiger partial charge in [-0.15, -0.1) is 0 Å². The van der Waals surface area contributed by atoms with Crippen LogP contribution in [0.25, 0.3) is 16.6 Å². The molecule has 2 heteroatoms. The summed E-state index contributed by atoms with van der Waals surface area (Å²) in [4.78, 5) is 0. The molecule has 76 valence electrons. The topological polar surface area (TPSA) is 9.34 Å². The average molecular weight is 198 g/mol. The van der Waals surface area contributed by atoms with Gasteiger partial charge in [0.1, 0.15) is 5.65 Å². The third-order valence-corrected chi connectivity index (χ3v) is 3.42. The molecule has 3 aromatic heterocycles. The van der Waals surface area contributed by atoms with E-state index < -0.39 is 0 Å². The molecular formula is C13H14N2. The van der Waals surface area contributed by atoms with Crippen molar-refractivity contribution in [3.63, 3.8) is 0 Å². The highest BCUT2D eigenvalue weighted by Gasteiger charge is 2.11. The van der Waals surface area contributed by atoms with Gasteiger partial charge >= 0.3 is 0 Å². The first-order valence-electron chi connectivity index (χ1n) is 5.22. The molecule has 0 aliphatic carbocycles. The second-order valence-electron chi connectivity index (χ2n) is 4.15. The van der Waals surface area contributed by atoms with E-state index in [0.717, 1.165) is 0 Å². The number of aryl methyl sites for hydroxylation is 2. The molecule has 0 spiro atoms. The fraction of sp³-hybridized carbons (Fsp3) is 0.231. The van der Waals surface area contributed by atoms with Crippen LogP contribution in [-0.2, 0) is 7.05 Å². The molecule has 0 amide bonds. The molecule has 0 aromatic carbocycles. The lowest BCUT2D eigenvalue weighted by Crippen LogP contribution is -1.94. The first kappa shape index (κ1) is 8.60. The molecule has 0 bridgehead atoms. The first-order valence-corrected chi connectivity index (χ1v) is 5.22. The number of fused-ring (bicyclic) bond motifs is 3. The highest BCUT2D eigenvalue weighted by Crippen LogP contribution is 2.27. The van der Waals surface area contributed by atoms with E-state index in [4.69, 9.17) is 0 Å². The summed E-state index contributed by atoms with van der Waals surface area (Å²) in [7, 11) is 2.13. The minimum absolute atomic E-state index is 1.27. The predicted octanol–water partition coefficient (Wildman–Crippen LogP) is 3.05. The number of hydrogen-bond acceptors (Lipinski definition) is 0. The maximum Gasteiger partial charge on any atom is 0.124 e. The SMILES string of the molecule is Cc1c(C)n(C)c2c1cc1ccccn12. The quantitative estimate of drug-likeness (QED) is 0.525. The Balaban J connectivity index is 2.65. The summed E-state index contributed by atoms with van der Waals surface area (Å²) in [5.74, 6) is 0. The number of pyridine rings is 1. The van der Waals surface area contributed by atoms with Crippen molar-refractivity contribution in [2.75, 3.05) is 0 Å². The Hall–Kier alpha value is -1.70. The van der Waals surface area contributed by atoms with E-state index >= 15 is 0 Å². The summed E-state index contributed by atoms with van der Waals surface area (Å²) in [5.41, 5.74) is 5.29. The standard InChI is InChI=1S/C13H14N2/c1-9-10(2)14(3)13-12(9)8-11-6-4-5-7-15(11)13/h4-8H,1-3H3. The molecule has 0 radical (unpaired) electrons. The Kier molecular flexibility index (Phi) is 1.52. The molecule has 3 aromatic rings. The average Bonchev–Trinajstić information content (AvgIpc) is 2.72. The van der Waals surface area contributed by atoms with E-state index in [2.05, 4.69) is 60.3 Å². The highest BCUT2D eigenvalue weighted by molar-refractivity contribution is 5.89. The van der Waals surface area contributed by atoms with Crippen molar-refractivity contribution in [2.24, 2.45) is 7.05 Å². The minimum Gasteiger partial charge on any atom is -0.334 e. The van der Waals surface area contributed by atoms with Gasteiger partial charge in [0, 0.05) is 29.8 Å². The van der Waals surface area contributed by atoms with Gasteiger partial charge in [-0.05, 0) is 37.6 Å². The molecule has 0 fully saturated rings. The van der Waals surface area contributed by atoms with Crippen molar-refractivity contribution >= 4 is 16.6 Å². The third kappa shape index (κ3) is 0.938. The Morgan fingerprint density at radius 1 is 1.13 bits per heavy atom. The van der Waals surface area contributed by atoms with E-state index in [1.165, 1.54) is 27.8 Å². The van der Waals surface area contributed by atoms with Crippen molar-refractivity contribution in [1.82, 2.24) is 8.97 Å². The molecule has 3 rings (SSSR count). The second kappa shape index (κ2) is 2.66. The van der Waals surface area contributed by atoms with Gasteiger partial charge in [0.05, 0.1) is 0 Å². The van der Waals surface area contributed by atoms with Crippen molar-refractivity contribution in [1.29, 1.82) is 0 Å². The van der Waals surface area contributed by atoms with Crippen LogP contribution in [0.3, 0.4) is 0 Å². The summed E-state index contributed by atoms with van der Waals surface area (Å²) in [6.07, 6.45) is 2.12. The maximum atomic E-state index is 2.26. The Morgan fingerprint density at radius 2 is 1.93 bits per heavy atom. The third-order valence-electron chi connectivity index (χ3n) is 3.42. The molecule has 0 saturated heterocycles. The van der Waals surface area contributed by atoms with Crippen LogP contribution in [0, 0.1) is 13.8 Å². The van der Waals surface area contributed by atoms with Crippen molar-refractivity contribution in [3.8, 4) is 0 Å². The first-order chi connectivity index (χ1) is 7.20. The molecule has 0 unspecified atom stereocenters. The van der Waals surface area contributed by atoms with E-state index in [1.54, 1.807) is 0 Å². The molecule has 3 heterocycles. The van der Waals surface area contributed by atoms with Crippen LogP contribution in [0.4, 0.5) is 0 Å². The van der Waals surface area contributed by atoms with E-state index in [0.29, 0.717) is 0 Å². The van der Waals surface area contributed by atoms with E-state index in [1.807, 2.05) is 0 Å². The zero-order valence-electron chi connectivity index (χ0n) is 9.28. The fourth-order valence-corrected chi connectivity index (χ4v) is 2.33. The van der Waals surface area contributed by atoms with Crippen LogP contribution in [0.1, 0.15) is 11.3 Å². The molecule has 0 atom stereocenters.